The Labute approximate surface area is 163 Å². The van der Waals surface area contributed by atoms with Crippen molar-refractivity contribution < 1.29 is 19.1 Å². The Kier molecular flexibility index (Phi) is 5.14. The van der Waals surface area contributed by atoms with Crippen LogP contribution in [0, 0.1) is 0 Å². The highest BCUT2D eigenvalue weighted by atomic mass is 16.5. The molecule has 28 heavy (non-hydrogen) atoms. The largest absolute Gasteiger partial charge is 0.484 e. The molecule has 0 aliphatic heterocycles. The fourth-order valence-corrected chi connectivity index (χ4v) is 3.65. The Bertz CT molecular complexity index is 935. The lowest BCUT2D eigenvalue weighted by atomic mass is 9.94. The van der Waals surface area contributed by atoms with Crippen LogP contribution in [-0.4, -0.2) is 25.6 Å². The van der Waals surface area contributed by atoms with Gasteiger partial charge in [-0.3, -0.25) is 4.79 Å². The molecule has 2 aromatic heterocycles. The Morgan fingerprint density at radius 1 is 1.29 bits per heavy atom. The zero-order chi connectivity index (χ0) is 19.5. The van der Waals surface area contributed by atoms with Gasteiger partial charge in [-0.25, -0.2) is 9.97 Å². The van der Waals surface area contributed by atoms with E-state index in [0.29, 0.717) is 11.6 Å². The topological polar surface area (TPSA) is 90.4 Å². The minimum absolute atomic E-state index is 0.0209. The zero-order valence-corrected chi connectivity index (χ0v) is 15.8. The van der Waals surface area contributed by atoms with Crippen LogP contribution in [0.25, 0.3) is 0 Å². The van der Waals surface area contributed by atoms with Crippen molar-refractivity contribution in [3.05, 3.63) is 65.4 Å². The predicted octanol–water partition coefficient (Wildman–Crippen LogP) is 3.47. The van der Waals surface area contributed by atoms with Gasteiger partial charge >= 0.3 is 5.97 Å². The second-order valence-corrected chi connectivity index (χ2v) is 7.09. The van der Waals surface area contributed by atoms with Gasteiger partial charge in [-0.15, -0.1) is 0 Å². The van der Waals surface area contributed by atoms with Gasteiger partial charge in [0, 0.05) is 25.9 Å². The van der Waals surface area contributed by atoms with E-state index in [-0.39, 0.29) is 18.9 Å². The SMILES string of the molecule is Cn1ccnc1[C@@H](CC(=O)O)c1ccc(OCc2nc3c(o2)CCCC3)cc1. The number of oxazole rings is 1. The Hall–Kier alpha value is -3.09. The molecule has 4 rings (SSSR count). The van der Waals surface area contributed by atoms with Crippen LogP contribution in [0.1, 0.15) is 53.9 Å². The van der Waals surface area contributed by atoms with Crippen LogP contribution in [0.15, 0.2) is 41.1 Å². The van der Waals surface area contributed by atoms with Crippen LogP contribution in [0.5, 0.6) is 5.75 Å². The summed E-state index contributed by atoms with van der Waals surface area (Å²) in [5.74, 6) is 1.83. The van der Waals surface area contributed by atoms with Gasteiger partial charge in [0.05, 0.1) is 18.0 Å². The predicted molar refractivity (Wildman–Crippen MR) is 101 cm³/mol. The Morgan fingerprint density at radius 3 is 2.75 bits per heavy atom. The third-order valence-electron chi connectivity index (χ3n) is 5.08. The number of benzene rings is 1. The maximum Gasteiger partial charge on any atom is 0.304 e. The second-order valence-electron chi connectivity index (χ2n) is 7.09. The minimum Gasteiger partial charge on any atom is -0.484 e. The van der Waals surface area contributed by atoms with Crippen molar-refractivity contribution in [2.75, 3.05) is 0 Å². The highest BCUT2D eigenvalue weighted by Crippen LogP contribution is 2.28. The third-order valence-corrected chi connectivity index (χ3v) is 5.08. The van der Waals surface area contributed by atoms with E-state index in [1.54, 1.807) is 6.20 Å². The molecule has 1 atom stereocenters. The lowest BCUT2D eigenvalue weighted by molar-refractivity contribution is -0.137. The summed E-state index contributed by atoms with van der Waals surface area (Å²) in [6.07, 6.45) is 7.72. The maximum atomic E-state index is 11.3. The highest BCUT2D eigenvalue weighted by molar-refractivity contribution is 5.68. The number of nitrogens with zero attached hydrogens (tertiary/aromatic N) is 3. The van der Waals surface area contributed by atoms with Gasteiger partial charge in [0.2, 0.25) is 5.89 Å². The lowest BCUT2D eigenvalue weighted by Gasteiger charge is -2.16. The second kappa shape index (κ2) is 7.88. The fraction of sp³-hybridized carbons (Fsp3) is 0.381. The summed E-state index contributed by atoms with van der Waals surface area (Å²) >= 11 is 0. The van der Waals surface area contributed by atoms with E-state index < -0.39 is 5.97 Å². The van der Waals surface area contributed by atoms with Crippen LogP contribution in [0.4, 0.5) is 0 Å². The van der Waals surface area contributed by atoms with Crippen molar-refractivity contribution in [2.45, 2.75) is 44.6 Å². The molecule has 1 aliphatic carbocycles. The molecule has 0 unspecified atom stereocenters. The number of aliphatic carboxylic acids is 1. The standard InChI is InChI=1S/C21H23N3O4/c1-24-11-10-22-21(24)16(12-20(25)26)14-6-8-15(9-7-14)27-13-19-23-17-4-2-3-5-18(17)28-19/h6-11,16H,2-5,12-13H2,1H3,(H,25,26)/t16-/m0/s1. The Morgan fingerprint density at radius 2 is 2.07 bits per heavy atom. The van der Waals surface area contributed by atoms with E-state index in [4.69, 9.17) is 9.15 Å². The lowest BCUT2D eigenvalue weighted by Crippen LogP contribution is -2.12. The molecule has 0 amide bonds. The molecule has 0 radical (unpaired) electrons. The first kappa shape index (κ1) is 18.3. The molecule has 0 fully saturated rings. The molecule has 1 aromatic carbocycles. The van der Waals surface area contributed by atoms with Crippen molar-refractivity contribution in [3.8, 4) is 5.75 Å². The van der Waals surface area contributed by atoms with E-state index in [0.717, 1.165) is 48.5 Å². The van der Waals surface area contributed by atoms with Crippen molar-refractivity contribution in [3.63, 3.8) is 0 Å². The molecule has 3 aromatic rings. The normalized spacial score (nSPS) is 14.5. The molecule has 0 saturated heterocycles. The number of carboxylic acids is 1. The van der Waals surface area contributed by atoms with Crippen LogP contribution < -0.4 is 4.74 Å². The van der Waals surface area contributed by atoms with Crippen molar-refractivity contribution >= 4 is 5.97 Å². The maximum absolute atomic E-state index is 11.3. The quantitative estimate of drug-likeness (QED) is 0.674. The number of carbonyl (C=O) groups is 1. The number of hydrogen-bond donors (Lipinski definition) is 1. The Balaban J connectivity index is 1.45. The molecule has 0 bridgehead atoms. The summed E-state index contributed by atoms with van der Waals surface area (Å²) in [5, 5.41) is 9.29. The molecular formula is C21H23N3O4. The number of aromatic nitrogens is 3. The molecule has 1 N–H and O–H groups in total. The first-order valence-corrected chi connectivity index (χ1v) is 9.49. The smallest absolute Gasteiger partial charge is 0.304 e. The number of hydrogen-bond acceptors (Lipinski definition) is 5. The average Bonchev–Trinajstić information content (AvgIpc) is 3.30. The van der Waals surface area contributed by atoms with E-state index in [1.807, 2.05) is 42.1 Å². The summed E-state index contributed by atoms with van der Waals surface area (Å²) in [6, 6.07) is 7.46. The van der Waals surface area contributed by atoms with Crippen molar-refractivity contribution in [1.29, 1.82) is 0 Å². The van der Waals surface area contributed by atoms with Gasteiger partial charge in [0.15, 0.2) is 6.61 Å². The number of fused-ring (bicyclic) bond motifs is 1. The number of imidazole rings is 1. The van der Waals surface area contributed by atoms with Crippen molar-refractivity contribution in [2.24, 2.45) is 7.05 Å². The molecule has 0 spiro atoms. The van der Waals surface area contributed by atoms with Gasteiger partial charge in [-0.2, -0.15) is 0 Å². The number of rotatable bonds is 7. The van der Waals surface area contributed by atoms with E-state index in [2.05, 4.69) is 9.97 Å². The van der Waals surface area contributed by atoms with E-state index in [1.165, 1.54) is 0 Å². The minimum atomic E-state index is -0.860. The molecule has 146 valence electrons. The average molecular weight is 381 g/mol. The van der Waals surface area contributed by atoms with Crippen LogP contribution in [0.3, 0.4) is 0 Å². The third kappa shape index (κ3) is 3.93. The first-order valence-electron chi connectivity index (χ1n) is 9.49. The summed E-state index contributed by atoms with van der Waals surface area (Å²) in [5.41, 5.74) is 1.95. The summed E-state index contributed by atoms with van der Waals surface area (Å²) in [4.78, 5) is 20.2. The van der Waals surface area contributed by atoms with E-state index >= 15 is 0 Å². The monoisotopic (exact) mass is 381 g/mol. The van der Waals surface area contributed by atoms with Gasteiger partial charge < -0.3 is 18.8 Å². The van der Waals surface area contributed by atoms with Gasteiger partial charge in [-0.1, -0.05) is 12.1 Å². The summed E-state index contributed by atoms with van der Waals surface area (Å²) in [7, 11) is 1.87. The van der Waals surface area contributed by atoms with Crippen LogP contribution in [-0.2, 0) is 31.3 Å². The number of carboxylic acid groups (broad SMARTS) is 1. The molecule has 7 heteroatoms. The van der Waals surface area contributed by atoms with Crippen molar-refractivity contribution in [1.82, 2.24) is 14.5 Å². The first-order chi connectivity index (χ1) is 13.6. The van der Waals surface area contributed by atoms with Crippen LogP contribution in [0.2, 0.25) is 0 Å². The number of aryl methyl sites for hydroxylation is 3. The summed E-state index contributed by atoms with van der Waals surface area (Å²) < 4.78 is 13.4. The molecule has 0 saturated carbocycles. The molecule has 2 heterocycles. The molecular weight excluding hydrogens is 358 g/mol. The molecule has 1 aliphatic rings. The number of ether oxygens (including phenoxy) is 1. The summed E-state index contributed by atoms with van der Waals surface area (Å²) in [6.45, 7) is 0.282. The van der Waals surface area contributed by atoms with Crippen LogP contribution >= 0.6 is 0 Å². The highest BCUT2D eigenvalue weighted by Gasteiger charge is 2.22. The zero-order valence-electron chi connectivity index (χ0n) is 15.8. The van der Waals surface area contributed by atoms with E-state index in [9.17, 15) is 9.90 Å². The van der Waals surface area contributed by atoms with Gasteiger partial charge in [0.1, 0.15) is 17.3 Å². The van der Waals surface area contributed by atoms with Gasteiger partial charge in [-0.05, 0) is 37.0 Å². The van der Waals surface area contributed by atoms with Gasteiger partial charge in [0.25, 0.3) is 0 Å². The molecule has 7 nitrogen and oxygen atoms in total. The fourth-order valence-electron chi connectivity index (χ4n) is 3.65.